The van der Waals surface area contributed by atoms with Crippen LogP contribution in [0.4, 0.5) is 10.5 Å². The summed E-state index contributed by atoms with van der Waals surface area (Å²) in [4.78, 5) is 28.7. The van der Waals surface area contributed by atoms with Gasteiger partial charge in [0.25, 0.3) is 0 Å². The standard InChI is InChI=1S/C19H16ClN3O3/c20-16-2-1-3-17-15(16)10-13(22-17)11-26-18(24)12-4-6-14(7-5-12)23-9-8-21-19(23)25/h1-7,10,22H,8-9,11H2,(H,21,25). The molecule has 2 amide bonds. The van der Waals surface area contributed by atoms with Crippen LogP contribution < -0.4 is 10.2 Å². The van der Waals surface area contributed by atoms with Crippen LogP contribution in [-0.2, 0) is 11.3 Å². The molecule has 0 aliphatic carbocycles. The fourth-order valence-corrected chi connectivity index (χ4v) is 3.20. The number of hydrogen-bond acceptors (Lipinski definition) is 3. The Balaban J connectivity index is 1.42. The zero-order valence-electron chi connectivity index (χ0n) is 13.8. The second kappa shape index (κ2) is 6.72. The van der Waals surface area contributed by atoms with Gasteiger partial charge in [-0.2, -0.15) is 0 Å². The van der Waals surface area contributed by atoms with E-state index in [1.54, 1.807) is 29.2 Å². The number of hydrogen-bond donors (Lipinski definition) is 2. The van der Waals surface area contributed by atoms with Gasteiger partial charge in [0.15, 0.2) is 0 Å². The molecule has 0 unspecified atom stereocenters. The highest BCUT2D eigenvalue weighted by molar-refractivity contribution is 6.35. The average molecular weight is 370 g/mol. The summed E-state index contributed by atoms with van der Waals surface area (Å²) in [6, 6.07) is 14.1. The quantitative estimate of drug-likeness (QED) is 0.688. The molecule has 1 saturated heterocycles. The van der Waals surface area contributed by atoms with Crippen molar-refractivity contribution in [1.82, 2.24) is 10.3 Å². The van der Waals surface area contributed by atoms with Crippen molar-refractivity contribution < 1.29 is 14.3 Å². The van der Waals surface area contributed by atoms with Gasteiger partial charge in [-0.1, -0.05) is 17.7 Å². The summed E-state index contributed by atoms with van der Waals surface area (Å²) in [5.74, 6) is -0.424. The van der Waals surface area contributed by atoms with Gasteiger partial charge in [0.2, 0.25) is 0 Å². The van der Waals surface area contributed by atoms with Crippen LogP contribution in [0.3, 0.4) is 0 Å². The Morgan fingerprint density at radius 3 is 2.69 bits per heavy atom. The number of aromatic nitrogens is 1. The average Bonchev–Trinajstić information content (AvgIpc) is 3.26. The van der Waals surface area contributed by atoms with E-state index in [9.17, 15) is 9.59 Å². The smallest absolute Gasteiger partial charge is 0.338 e. The number of anilines is 1. The molecule has 0 spiro atoms. The zero-order chi connectivity index (χ0) is 18.1. The summed E-state index contributed by atoms with van der Waals surface area (Å²) in [6.45, 7) is 1.36. The normalized spacial score (nSPS) is 13.9. The molecule has 1 fully saturated rings. The molecule has 0 saturated carbocycles. The molecule has 1 aliphatic rings. The number of nitrogens with one attached hydrogen (secondary N) is 2. The van der Waals surface area contributed by atoms with Crippen LogP contribution in [0.25, 0.3) is 10.9 Å². The minimum atomic E-state index is -0.424. The first-order chi connectivity index (χ1) is 12.6. The molecule has 132 valence electrons. The molecular formula is C19H16ClN3O3. The number of urea groups is 1. The van der Waals surface area contributed by atoms with Crippen molar-refractivity contribution in [2.45, 2.75) is 6.61 Å². The number of ether oxygens (including phenoxy) is 1. The first-order valence-electron chi connectivity index (χ1n) is 8.20. The highest BCUT2D eigenvalue weighted by Crippen LogP contribution is 2.24. The second-order valence-corrected chi connectivity index (χ2v) is 6.41. The van der Waals surface area contributed by atoms with Gasteiger partial charge in [-0.3, -0.25) is 4.90 Å². The Hall–Kier alpha value is -2.99. The third kappa shape index (κ3) is 3.11. The Bertz CT molecular complexity index is 981. The maximum atomic E-state index is 12.2. The van der Waals surface area contributed by atoms with Gasteiger partial charge in [-0.15, -0.1) is 0 Å². The van der Waals surface area contributed by atoms with E-state index in [1.807, 2.05) is 24.3 Å². The summed E-state index contributed by atoms with van der Waals surface area (Å²) in [6.07, 6.45) is 0. The molecule has 4 rings (SSSR count). The number of carbonyl (C=O) groups excluding carboxylic acids is 2. The lowest BCUT2D eigenvalue weighted by atomic mass is 10.2. The fraction of sp³-hybridized carbons (Fsp3) is 0.158. The van der Waals surface area contributed by atoms with Crippen LogP contribution in [-0.4, -0.2) is 30.1 Å². The van der Waals surface area contributed by atoms with Crippen molar-refractivity contribution >= 4 is 40.2 Å². The molecule has 0 radical (unpaired) electrons. The number of carbonyl (C=O) groups is 2. The number of amides is 2. The van der Waals surface area contributed by atoms with E-state index in [0.29, 0.717) is 23.7 Å². The predicted molar refractivity (Wildman–Crippen MR) is 99.6 cm³/mol. The highest BCUT2D eigenvalue weighted by atomic mass is 35.5. The molecule has 2 aromatic carbocycles. The maximum absolute atomic E-state index is 12.2. The van der Waals surface area contributed by atoms with Gasteiger partial charge in [0, 0.05) is 34.7 Å². The minimum Gasteiger partial charge on any atom is -0.456 e. The Morgan fingerprint density at radius 2 is 2.00 bits per heavy atom. The lowest BCUT2D eigenvalue weighted by Crippen LogP contribution is -2.27. The monoisotopic (exact) mass is 369 g/mol. The van der Waals surface area contributed by atoms with Gasteiger partial charge >= 0.3 is 12.0 Å². The molecule has 2 heterocycles. The summed E-state index contributed by atoms with van der Waals surface area (Å²) in [7, 11) is 0. The van der Waals surface area contributed by atoms with Crippen LogP contribution in [0.15, 0.2) is 48.5 Å². The number of rotatable bonds is 4. The summed E-state index contributed by atoms with van der Waals surface area (Å²) < 4.78 is 5.36. The van der Waals surface area contributed by atoms with E-state index in [1.165, 1.54) is 0 Å². The van der Waals surface area contributed by atoms with Gasteiger partial charge in [-0.25, -0.2) is 9.59 Å². The third-order valence-electron chi connectivity index (χ3n) is 4.30. The lowest BCUT2D eigenvalue weighted by Gasteiger charge is -2.14. The molecule has 2 N–H and O–H groups in total. The van der Waals surface area contributed by atoms with Gasteiger partial charge in [0.1, 0.15) is 6.61 Å². The molecular weight excluding hydrogens is 354 g/mol. The number of H-pyrrole nitrogens is 1. The summed E-state index contributed by atoms with van der Waals surface area (Å²) >= 11 is 6.15. The lowest BCUT2D eigenvalue weighted by molar-refractivity contribution is 0.0468. The number of fused-ring (bicyclic) bond motifs is 1. The van der Waals surface area contributed by atoms with Crippen LogP contribution in [0.1, 0.15) is 16.1 Å². The SMILES string of the molecule is O=C(OCc1cc2c(Cl)cccc2[nH]1)c1ccc(N2CCNC2=O)cc1. The summed E-state index contributed by atoms with van der Waals surface area (Å²) in [5.41, 5.74) is 2.85. The molecule has 1 aromatic heterocycles. The second-order valence-electron chi connectivity index (χ2n) is 6.00. The van der Waals surface area contributed by atoms with Crippen molar-refractivity contribution in [1.29, 1.82) is 0 Å². The van der Waals surface area contributed by atoms with Gasteiger partial charge in [0.05, 0.1) is 11.3 Å². The van der Waals surface area contributed by atoms with E-state index in [4.69, 9.17) is 16.3 Å². The topological polar surface area (TPSA) is 74.4 Å². The van der Waals surface area contributed by atoms with Gasteiger partial charge in [-0.05, 0) is 42.5 Å². The first kappa shape index (κ1) is 16.5. The Kier molecular flexibility index (Phi) is 4.26. The molecule has 3 aromatic rings. The van der Waals surface area contributed by atoms with Crippen molar-refractivity contribution in [3.05, 3.63) is 64.8 Å². The number of halogens is 1. The minimum absolute atomic E-state index is 0.125. The van der Waals surface area contributed by atoms with E-state index in [-0.39, 0.29) is 12.6 Å². The predicted octanol–water partition coefficient (Wildman–Crippen LogP) is 3.71. The Morgan fingerprint density at radius 1 is 1.19 bits per heavy atom. The van der Waals surface area contributed by atoms with Crippen LogP contribution in [0.5, 0.6) is 0 Å². The molecule has 0 bridgehead atoms. The molecule has 6 nitrogen and oxygen atoms in total. The van der Waals surface area contributed by atoms with Crippen molar-refractivity contribution in [2.24, 2.45) is 0 Å². The van der Waals surface area contributed by atoms with E-state index in [0.717, 1.165) is 22.3 Å². The number of benzene rings is 2. The van der Waals surface area contributed by atoms with Crippen LogP contribution >= 0.6 is 11.6 Å². The van der Waals surface area contributed by atoms with E-state index >= 15 is 0 Å². The van der Waals surface area contributed by atoms with Crippen molar-refractivity contribution in [3.63, 3.8) is 0 Å². The number of aromatic amines is 1. The molecule has 7 heteroatoms. The van der Waals surface area contributed by atoms with Crippen LogP contribution in [0.2, 0.25) is 5.02 Å². The zero-order valence-corrected chi connectivity index (χ0v) is 14.5. The maximum Gasteiger partial charge on any atom is 0.338 e. The molecule has 1 aliphatic heterocycles. The fourth-order valence-electron chi connectivity index (χ4n) is 2.98. The van der Waals surface area contributed by atoms with Crippen LogP contribution in [0, 0.1) is 0 Å². The van der Waals surface area contributed by atoms with E-state index < -0.39 is 5.97 Å². The number of esters is 1. The molecule has 0 atom stereocenters. The highest BCUT2D eigenvalue weighted by Gasteiger charge is 2.21. The largest absolute Gasteiger partial charge is 0.456 e. The van der Waals surface area contributed by atoms with Gasteiger partial charge < -0.3 is 15.0 Å². The van der Waals surface area contributed by atoms with Crippen molar-refractivity contribution in [2.75, 3.05) is 18.0 Å². The molecule has 26 heavy (non-hydrogen) atoms. The first-order valence-corrected chi connectivity index (χ1v) is 8.58. The summed E-state index contributed by atoms with van der Waals surface area (Å²) in [5, 5.41) is 4.29. The Labute approximate surface area is 154 Å². The number of nitrogens with zero attached hydrogens (tertiary/aromatic N) is 1. The third-order valence-corrected chi connectivity index (χ3v) is 4.63. The van der Waals surface area contributed by atoms with Crippen molar-refractivity contribution in [3.8, 4) is 0 Å². The van der Waals surface area contributed by atoms with E-state index in [2.05, 4.69) is 10.3 Å².